The molecule has 1 aromatic carbocycles. The van der Waals surface area contributed by atoms with E-state index in [1.54, 1.807) is 0 Å². The number of carbonyl (C=O) groups is 1. The third-order valence-electron chi connectivity index (χ3n) is 5.63. The first-order chi connectivity index (χ1) is 13.8. The number of rotatable bonds is 6. The van der Waals surface area contributed by atoms with E-state index in [1.165, 1.54) is 36.5 Å². The topological polar surface area (TPSA) is 73.9 Å². The van der Waals surface area contributed by atoms with Crippen LogP contribution in [0.25, 0.3) is 10.9 Å². The summed E-state index contributed by atoms with van der Waals surface area (Å²) in [5, 5.41) is 4.20. The molecular weight excluding hydrogens is 350 g/mol. The Morgan fingerprint density at radius 2 is 2.18 bits per heavy atom. The Morgan fingerprint density at radius 1 is 1.29 bits per heavy atom. The van der Waals surface area contributed by atoms with Gasteiger partial charge in [0.2, 0.25) is 0 Å². The standard InChI is InChI=1S/C22H27N5O/c1-2-17-7-5-6-12-27(17)21-13-20(25-15-26-21)22(28)23-11-10-16-14-24-19-9-4-3-8-18(16)19/h3-4,8-9,13-15,17,24H,2,5-7,10-12H2,1H3,(H,23,28). The van der Waals surface area contributed by atoms with E-state index in [4.69, 9.17) is 0 Å². The molecule has 6 heteroatoms. The van der Waals surface area contributed by atoms with Crippen molar-refractivity contribution in [3.8, 4) is 0 Å². The van der Waals surface area contributed by atoms with Gasteiger partial charge in [-0.25, -0.2) is 9.97 Å². The number of carbonyl (C=O) groups excluding carboxylic acids is 1. The van der Waals surface area contributed by atoms with Crippen LogP contribution in [0.1, 0.15) is 48.7 Å². The average molecular weight is 377 g/mol. The number of anilines is 1. The van der Waals surface area contributed by atoms with Gasteiger partial charge in [-0.2, -0.15) is 0 Å². The lowest BCUT2D eigenvalue weighted by molar-refractivity contribution is 0.0949. The normalized spacial score (nSPS) is 17.0. The number of piperidine rings is 1. The van der Waals surface area contributed by atoms with Crippen LogP contribution < -0.4 is 10.2 Å². The number of para-hydroxylation sites is 1. The Bertz CT molecular complexity index is 951. The number of nitrogens with zero attached hydrogens (tertiary/aromatic N) is 3. The summed E-state index contributed by atoms with van der Waals surface area (Å²) in [5.41, 5.74) is 2.76. The van der Waals surface area contributed by atoms with Crippen LogP contribution in [0.4, 0.5) is 5.82 Å². The van der Waals surface area contributed by atoms with Gasteiger partial charge in [0.1, 0.15) is 17.8 Å². The zero-order valence-corrected chi connectivity index (χ0v) is 16.3. The lowest BCUT2D eigenvalue weighted by Gasteiger charge is -2.36. The molecular formula is C22H27N5O. The number of H-pyrrole nitrogens is 1. The fourth-order valence-corrected chi connectivity index (χ4v) is 4.09. The van der Waals surface area contributed by atoms with Crippen LogP contribution in [0.15, 0.2) is 42.9 Å². The van der Waals surface area contributed by atoms with Crippen molar-refractivity contribution in [2.75, 3.05) is 18.0 Å². The molecule has 0 aliphatic carbocycles. The number of hydrogen-bond acceptors (Lipinski definition) is 4. The molecule has 3 heterocycles. The molecule has 1 fully saturated rings. The third kappa shape index (κ3) is 3.86. The molecule has 6 nitrogen and oxygen atoms in total. The van der Waals surface area contributed by atoms with Crippen molar-refractivity contribution >= 4 is 22.6 Å². The fourth-order valence-electron chi connectivity index (χ4n) is 4.09. The van der Waals surface area contributed by atoms with E-state index in [2.05, 4.69) is 44.2 Å². The predicted molar refractivity (Wildman–Crippen MR) is 112 cm³/mol. The van der Waals surface area contributed by atoms with Crippen LogP contribution in [-0.4, -0.2) is 40.0 Å². The van der Waals surface area contributed by atoms with E-state index in [0.29, 0.717) is 18.3 Å². The van der Waals surface area contributed by atoms with Crippen molar-refractivity contribution in [1.82, 2.24) is 20.3 Å². The van der Waals surface area contributed by atoms with Crippen LogP contribution in [0.5, 0.6) is 0 Å². The highest BCUT2D eigenvalue weighted by Gasteiger charge is 2.23. The molecule has 1 aliphatic heterocycles. The van der Waals surface area contributed by atoms with Crippen LogP contribution in [-0.2, 0) is 6.42 Å². The first kappa shape index (κ1) is 18.5. The van der Waals surface area contributed by atoms with Gasteiger partial charge in [-0.3, -0.25) is 4.79 Å². The maximum atomic E-state index is 12.6. The van der Waals surface area contributed by atoms with Gasteiger partial charge in [-0.15, -0.1) is 0 Å². The molecule has 0 radical (unpaired) electrons. The smallest absolute Gasteiger partial charge is 0.270 e. The Kier molecular flexibility index (Phi) is 5.55. The molecule has 3 aromatic rings. The number of nitrogens with one attached hydrogen (secondary N) is 2. The van der Waals surface area contributed by atoms with Crippen molar-refractivity contribution in [1.29, 1.82) is 0 Å². The van der Waals surface area contributed by atoms with Crippen molar-refractivity contribution in [3.63, 3.8) is 0 Å². The van der Waals surface area contributed by atoms with Crippen molar-refractivity contribution in [3.05, 3.63) is 54.1 Å². The second-order valence-corrected chi connectivity index (χ2v) is 7.38. The van der Waals surface area contributed by atoms with E-state index in [-0.39, 0.29) is 5.91 Å². The molecule has 2 N–H and O–H groups in total. The predicted octanol–water partition coefficient (Wildman–Crippen LogP) is 3.70. The van der Waals surface area contributed by atoms with Gasteiger partial charge in [-0.1, -0.05) is 25.1 Å². The zero-order valence-electron chi connectivity index (χ0n) is 16.3. The first-order valence-electron chi connectivity index (χ1n) is 10.2. The highest BCUT2D eigenvalue weighted by atomic mass is 16.1. The minimum atomic E-state index is -0.145. The molecule has 0 bridgehead atoms. The summed E-state index contributed by atoms with van der Waals surface area (Å²) in [6.07, 6.45) is 9.01. The molecule has 1 amide bonds. The number of amides is 1. The molecule has 28 heavy (non-hydrogen) atoms. The van der Waals surface area contributed by atoms with Gasteiger partial charge >= 0.3 is 0 Å². The van der Waals surface area contributed by atoms with Crippen LogP contribution >= 0.6 is 0 Å². The lowest BCUT2D eigenvalue weighted by Crippen LogP contribution is -2.40. The van der Waals surface area contributed by atoms with E-state index in [0.717, 1.165) is 30.7 Å². The third-order valence-corrected chi connectivity index (χ3v) is 5.63. The highest BCUT2D eigenvalue weighted by Crippen LogP contribution is 2.25. The quantitative estimate of drug-likeness (QED) is 0.687. The van der Waals surface area contributed by atoms with Crippen LogP contribution in [0.2, 0.25) is 0 Å². The van der Waals surface area contributed by atoms with Gasteiger partial charge in [-0.05, 0) is 43.7 Å². The Labute approximate surface area is 165 Å². The van der Waals surface area contributed by atoms with Crippen LogP contribution in [0.3, 0.4) is 0 Å². The summed E-state index contributed by atoms with van der Waals surface area (Å²) in [4.78, 5) is 26.8. The van der Waals surface area contributed by atoms with Gasteiger partial charge < -0.3 is 15.2 Å². The van der Waals surface area contributed by atoms with Crippen molar-refractivity contribution in [2.24, 2.45) is 0 Å². The summed E-state index contributed by atoms with van der Waals surface area (Å²) in [6.45, 7) is 3.78. The molecule has 0 spiro atoms. The number of benzene rings is 1. The van der Waals surface area contributed by atoms with E-state index < -0.39 is 0 Å². The fraction of sp³-hybridized carbons (Fsp3) is 0.409. The molecule has 1 aliphatic rings. The molecule has 1 unspecified atom stereocenters. The molecule has 146 valence electrons. The summed E-state index contributed by atoms with van der Waals surface area (Å²) < 4.78 is 0. The Morgan fingerprint density at radius 3 is 3.07 bits per heavy atom. The molecule has 2 aromatic heterocycles. The number of fused-ring (bicyclic) bond motifs is 1. The highest BCUT2D eigenvalue weighted by molar-refractivity contribution is 5.93. The lowest BCUT2D eigenvalue weighted by atomic mass is 10.00. The molecule has 0 saturated carbocycles. The van der Waals surface area contributed by atoms with Gasteiger partial charge in [0.25, 0.3) is 5.91 Å². The average Bonchev–Trinajstić information content (AvgIpc) is 3.17. The monoisotopic (exact) mass is 377 g/mol. The largest absolute Gasteiger partial charge is 0.361 e. The van der Waals surface area contributed by atoms with Crippen molar-refractivity contribution in [2.45, 2.75) is 45.1 Å². The summed E-state index contributed by atoms with van der Waals surface area (Å²) in [6, 6.07) is 10.5. The van der Waals surface area contributed by atoms with Gasteiger partial charge in [0.15, 0.2) is 0 Å². The number of hydrogen-bond donors (Lipinski definition) is 2. The SMILES string of the molecule is CCC1CCCCN1c1cc(C(=O)NCCc2c[nH]c3ccccc23)ncn1. The van der Waals surface area contributed by atoms with Gasteiger partial charge in [0.05, 0.1) is 0 Å². The molecule has 4 rings (SSSR count). The van der Waals surface area contributed by atoms with Crippen molar-refractivity contribution < 1.29 is 4.79 Å². The maximum absolute atomic E-state index is 12.6. The van der Waals surface area contributed by atoms with E-state index >= 15 is 0 Å². The summed E-state index contributed by atoms with van der Waals surface area (Å²) in [7, 11) is 0. The minimum Gasteiger partial charge on any atom is -0.361 e. The summed E-state index contributed by atoms with van der Waals surface area (Å²) in [5.74, 6) is 0.719. The second-order valence-electron chi connectivity index (χ2n) is 7.38. The number of aromatic nitrogens is 3. The van der Waals surface area contributed by atoms with Crippen LogP contribution in [0, 0.1) is 0 Å². The number of aromatic amines is 1. The summed E-state index contributed by atoms with van der Waals surface area (Å²) >= 11 is 0. The Hall–Kier alpha value is -2.89. The van der Waals surface area contributed by atoms with E-state index in [1.807, 2.05) is 24.4 Å². The molecule has 1 saturated heterocycles. The maximum Gasteiger partial charge on any atom is 0.270 e. The van der Waals surface area contributed by atoms with E-state index in [9.17, 15) is 4.79 Å². The first-order valence-corrected chi connectivity index (χ1v) is 10.2. The molecule has 1 atom stereocenters. The zero-order chi connectivity index (χ0) is 19.3. The Balaban J connectivity index is 1.39. The minimum absolute atomic E-state index is 0.145. The second kappa shape index (κ2) is 8.42. The van der Waals surface area contributed by atoms with Gasteiger partial charge in [0, 0.05) is 42.3 Å².